The molecule has 1 saturated heterocycles. The minimum atomic E-state index is -3.87. The van der Waals surface area contributed by atoms with E-state index in [2.05, 4.69) is 15.5 Å². The minimum absolute atomic E-state index is 0.221. The number of para-hydroxylation sites is 1. The Labute approximate surface area is 155 Å². The van der Waals surface area contributed by atoms with E-state index < -0.39 is 15.8 Å². The molecule has 0 amide bonds. The largest absolute Gasteiger partial charge is 0.337 e. The lowest BCUT2D eigenvalue weighted by molar-refractivity contribution is 0.379. The lowest BCUT2D eigenvalue weighted by Gasteiger charge is -2.34. The molecule has 1 aliphatic heterocycles. The van der Waals surface area contributed by atoms with Crippen molar-refractivity contribution in [3.05, 3.63) is 60.4 Å². The second kappa shape index (κ2) is 7.05. The number of sulfonamides is 1. The van der Waals surface area contributed by atoms with Crippen molar-refractivity contribution in [1.82, 2.24) is 24.5 Å². The van der Waals surface area contributed by atoms with Crippen molar-refractivity contribution in [2.24, 2.45) is 0 Å². The summed E-state index contributed by atoms with van der Waals surface area (Å²) in [4.78, 5) is 1.62. The molecule has 0 spiro atoms. The Morgan fingerprint density at radius 1 is 0.889 bits per heavy atom. The average molecular weight is 388 g/mol. The van der Waals surface area contributed by atoms with Crippen molar-refractivity contribution in [3.8, 4) is 5.69 Å². The van der Waals surface area contributed by atoms with Crippen molar-refractivity contribution >= 4 is 16.0 Å². The SMILES string of the molecule is O=S(=O)(c1ccccc1F)N1CCN(c2nnnn2-c2ccccc2)CC1. The van der Waals surface area contributed by atoms with Crippen LogP contribution in [0.4, 0.5) is 10.3 Å². The molecule has 0 unspecified atom stereocenters. The van der Waals surface area contributed by atoms with E-state index in [9.17, 15) is 12.8 Å². The Kier molecular flexibility index (Phi) is 4.58. The highest BCUT2D eigenvalue weighted by Gasteiger charge is 2.31. The summed E-state index contributed by atoms with van der Waals surface area (Å²) in [6.45, 7) is 1.25. The van der Waals surface area contributed by atoms with Crippen LogP contribution in [0.3, 0.4) is 0 Å². The van der Waals surface area contributed by atoms with Crippen molar-refractivity contribution in [3.63, 3.8) is 0 Å². The van der Waals surface area contributed by atoms with Crippen molar-refractivity contribution in [1.29, 1.82) is 0 Å². The molecule has 0 bridgehead atoms. The van der Waals surface area contributed by atoms with Gasteiger partial charge in [-0.05, 0) is 34.7 Å². The van der Waals surface area contributed by atoms with Gasteiger partial charge in [0.15, 0.2) is 0 Å². The molecule has 0 radical (unpaired) electrons. The molecule has 4 rings (SSSR count). The van der Waals surface area contributed by atoms with Crippen LogP contribution >= 0.6 is 0 Å². The molecule has 2 heterocycles. The normalized spacial score (nSPS) is 15.8. The van der Waals surface area contributed by atoms with E-state index in [0.29, 0.717) is 19.0 Å². The highest BCUT2D eigenvalue weighted by molar-refractivity contribution is 7.89. The topological polar surface area (TPSA) is 84.2 Å². The summed E-state index contributed by atoms with van der Waals surface area (Å²) in [5, 5.41) is 11.8. The summed E-state index contributed by atoms with van der Waals surface area (Å²) in [6, 6.07) is 14.9. The second-order valence-corrected chi connectivity index (χ2v) is 7.95. The van der Waals surface area contributed by atoms with Gasteiger partial charge in [0.25, 0.3) is 0 Å². The summed E-state index contributed by atoms with van der Waals surface area (Å²) in [6.07, 6.45) is 0. The number of aromatic nitrogens is 4. The van der Waals surface area contributed by atoms with Gasteiger partial charge in [-0.3, -0.25) is 0 Å². The van der Waals surface area contributed by atoms with Crippen molar-refractivity contribution in [2.45, 2.75) is 4.90 Å². The third kappa shape index (κ3) is 3.28. The first-order chi connectivity index (χ1) is 13.1. The highest BCUT2D eigenvalue weighted by Crippen LogP contribution is 2.22. The number of nitrogens with zero attached hydrogens (tertiary/aromatic N) is 6. The molecule has 27 heavy (non-hydrogen) atoms. The smallest absolute Gasteiger partial charge is 0.250 e. The standard InChI is InChI=1S/C17H17FN6O2S/c18-15-8-4-5-9-16(15)27(25,26)23-12-10-22(11-13-23)17-19-20-21-24(17)14-6-2-1-3-7-14/h1-9H,10-13H2. The molecule has 1 fully saturated rings. The molecule has 10 heteroatoms. The molecule has 0 atom stereocenters. The first-order valence-corrected chi connectivity index (χ1v) is 9.85. The van der Waals surface area contributed by atoms with Gasteiger partial charge in [0.1, 0.15) is 10.7 Å². The predicted molar refractivity (Wildman–Crippen MR) is 96.5 cm³/mol. The molecule has 140 valence electrons. The van der Waals surface area contributed by atoms with Gasteiger partial charge in [-0.2, -0.15) is 8.99 Å². The second-order valence-electron chi connectivity index (χ2n) is 6.05. The van der Waals surface area contributed by atoms with Crippen LogP contribution in [0, 0.1) is 5.82 Å². The number of hydrogen-bond acceptors (Lipinski definition) is 6. The number of halogens is 1. The van der Waals surface area contributed by atoms with Crippen LogP contribution in [0.25, 0.3) is 5.69 Å². The molecular weight excluding hydrogens is 371 g/mol. The molecule has 0 aliphatic carbocycles. The van der Waals surface area contributed by atoms with Crippen LogP contribution in [0.1, 0.15) is 0 Å². The molecule has 0 saturated carbocycles. The maximum atomic E-state index is 13.9. The Balaban J connectivity index is 1.52. The Hall–Kier alpha value is -2.85. The molecule has 1 aliphatic rings. The van der Waals surface area contributed by atoms with E-state index in [0.717, 1.165) is 11.8 Å². The maximum absolute atomic E-state index is 13.9. The first kappa shape index (κ1) is 17.6. The Morgan fingerprint density at radius 2 is 1.56 bits per heavy atom. The molecule has 3 aromatic rings. The van der Waals surface area contributed by atoms with Crippen LogP contribution in [-0.4, -0.2) is 59.1 Å². The number of rotatable bonds is 4. The number of benzene rings is 2. The van der Waals surface area contributed by atoms with Gasteiger partial charge in [-0.1, -0.05) is 35.4 Å². The lowest BCUT2D eigenvalue weighted by Crippen LogP contribution is -2.49. The van der Waals surface area contributed by atoms with Crippen LogP contribution in [0.15, 0.2) is 59.5 Å². The number of anilines is 1. The Morgan fingerprint density at radius 3 is 2.26 bits per heavy atom. The Bertz CT molecular complexity index is 1030. The number of tetrazole rings is 1. The number of piperazine rings is 1. The zero-order valence-corrected chi connectivity index (χ0v) is 15.1. The van der Waals surface area contributed by atoms with E-state index in [1.165, 1.54) is 22.5 Å². The van der Waals surface area contributed by atoms with Gasteiger partial charge >= 0.3 is 0 Å². The van der Waals surface area contributed by atoms with E-state index in [1.807, 2.05) is 35.2 Å². The van der Waals surface area contributed by atoms with E-state index in [-0.39, 0.29) is 18.0 Å². The fourth-order valence-corrected chi connectivity index (χ4v) is 4.52. The van der Waals surface area contributed by atoms with Crippen LogP contribution in [0.5, 0.6) is 0 Å². The lowest BCUT2D eigenvalue weighted by atomic mass is 10.3. The molecule has 2 aromatic carbocycles. The third-order valence-corrected chi connectivity index (χ3v) is 6.36. The predicted octanol–water partition coefficient (Wildman–Crippen LogP) is 1.31. The van der Waals surface area contributed by atoms with Gasteiger partial charge in [0.2, 0.25) is 16.0 Å². The van der Waals surface area contributed by atoms with Crippen LogP contribution in [0.2, 0.25) is 0 Å². The van der Waals surface area contributed by atoms with Gasteiger partial charge in [0.05, 0.1) is 5.69 Å². The van der Waals surface area contributed by atoms with Gasteiger partial charge in [-0.25, -0.2) is 12.8 Å². The summed E-state index contributed by atoms with van der Waals surface area (Å²) < 4.78 is 42.3. The molecule has 1 aromatic heterocycles. The summed E-state index contributed by atoms with van der Waals surface area (Å²) in [5.74, 6) is -0.197. The minimum Gasteiger partial charge on any atom is -0.337 e. The van der Waals surface area contributed by atoms with Crippen molar-refractivity contribution < 1.29 is 12.8 Å². The van der Waals surface area contributed by atoms with E-state index in [1.54, 1.807) is 4.68 Å². The van der Waals surface area contributed by atoms with Crippen LogP contribution < -0.4 is 4.90 Å². The molecular formula is C17H17FN6O2S. The fourth-order valence-electron chi connectivity index (χ4n) is 3.04. The van der Waals surface area contributed by atoms with Gasteiger partial charge in [0, 0.05) is 26.2 Å². The zero-order chi connectivity index (χ0) is 18.9. The van der Waals surface area contributed by atoms with Crippen molar-refractivity contribution in [2.75, 3.05) is 31.1 Å². The number of hydrogen-bond donors (Lipinski definition) is 0. The average Bonchev–Trinajstić information content (AvgIpc) is 3.19. The fraction of sp³-hybridized carbons (Fsp3) is 0.235. The molecule has 0 N–H and O–H groups in total. The first-order valence-electron chi connectivity index (χ1n) is 8.41. The van der Waals surface area contributed by atoms with Crippen LogP contribution in [-0.2, 0) is 10.0 Å². The monoisotopic (exact) mass is 388 g/mol. The third-order valence-electron chi connectivity index (χ3n) is 4.43. The zero-order valence-electron chi connectivity index (χ0n) is 14.3. The molecule has 8 nitrogen and oxygen atoms in total. The quantitative estimate of drug-likeness (QED) is 0.670. The van der Waals surface area contributed by atoms with Gasteiger partial charge in [-0.15, -0.1) is 0 Å². The van der Waals surface area contributed by atoms with E-state index in [4.69, 9.17) is 0 Å². The summed E-state index contributed by atoms with van der Waals surface area (Å²) in [5.41, 5.74) is 0.818. The van der Waals surface area contributed by atoms with E-state index >= 15 is 0 Å². The highest BCUT2D eigenvalue weighted by atomic mass is 32.2. The van der Waals surface area contributed by atoms with Gasteiger partial charge < -0.3 is 4.90 Å². The summed E-state index contributed by atoms with van der Waals surface area (Å²) in [7, 11) is -3.87. The maximum Gasteiger partial charge on any atom is 0.250 e. The summed E-state index contributed by atoms with van der Waals surface area (Å²) >= 11 is 0.